The van der Waals surface area contributed by atoms with Crippen molar-refractivity contribution in [3.8, 4) is 5.75 Å². The number of carbonyl (C=O) groups excluding carboxylic acids is 1. The van der Waals surface area contributed by atoms with E-state index in [9.17, 15) is 14.7 Å². The number of carboxylic acid groups (broad SMARTS) is 1. The van der Waals surface area contributed by atoms with Gasteiger partial charge in [0, 0.05) is 11.6 Å². The Labute approximate surface area is 118 Å². The number of benzene rings is 1. The van der Waals surface area contributed by atoms with Gasteiger partial charge in [0.15, 0.2) is 0 Å². The summed E-state index contributed by atoms with van der Waals surface area (Å²) in [5.74, 6) is -1.10. The number of aryl methyl sites for hydroxylation is 1. The van der Waals surface area contributed by atoms with Crippen molar-refractivity contribution in [3.63, 3.8) is 0 Å². The fraction of sp³-hybridized carbons (Fsp3) is 0.467. The third-order valence-corrected chi connectivity index (χ3v) is 3.12. The van der Waals surface area contributed by atoms with Gasteiger partial charge in [-0.3, -0.25) is 9.59 Å². The normalized spacial score (nSPS) is 11.9. The van der Waals surface area contributed by atoms with Gasteiger partial charge in [-0.2, -0.15) is 0 Å². The summed E-state index contributed by atoms with van der Waals surface area (Å²) in [6, 6.07) is 4.20. The van der Waals surface area contributed by atoms with E-state index in [4.69, 9.17) is 5.11 Å². The van der Waals surface area contributed by atoms with Gasteiger partial charge in [0.1, 0.15) is 5.75 Å². The first-order valence-corrected chi connectivity index (χ1v) is 6.76. The fourth-order valence-corrected chi connectivity index (χ4v) is 1.95. The number of phenolic OH excluding ortho intramolecular Hbond substituents is 1. The van der Waals surface area contributed by atoms with Crippen LogP contribution in [0.3, 0.4) is 0 Å². The van der Waals surface area contributed by atoms with E-state index in [1.54, 1.807) is 13.0 Å². The lowest BCUT2D eigenvalue weighted by atomic mass is 10.1. The maximum atomic E-state index is 12.1. The topological polar surface area (TPSA) is 86.6 Å². The van der Waals surface area contributed by atoms with Crippen LogP contribution in [-0.2, 0) is 4.79 Å². The maximum Gasteiger partial charge on any atom is 0.305 e. The zero-order valence-electron chi connectivity index (χ0n) is 11.8. The molecule has 0 saturated heterocycles. The van der Waals surface area contributed by atoms with Gasteiger partial charge >= 0.3 is 5.97 Å². The van der Waals surface area contributed by atoms with E-state index < -0.39 is 5.97 Å². The molecule has 0 heterocycles. The van der Waals surface area contributed by atoms with Crippen LogP contribution in [0.2, 0.25) is 0 Å². The second-order valence-electron chi connectivity index (χ2n) is 4.91. The summed E-state index contributed by atoms with van der Waals surface area (Å²) in [4.78, 5) is 22.9. The third kappa shape index (κ3) is 4.91. The van der Waals surface area contributed by atoms with Crippen LogP contribution < -0.4 is 5.32 Å². The average molecular weight is 279 g/mol. The molecule has 1 aromatic carbocycles. The Hall–Kier alpha value is -2.04. The highest BCUT2D eigenvalue weighted by molar-refractivity contribution is 5.95. The Morgan fingerprint density at radius 1 is 1.35 bits per heavy atom. The summed E-state index contributed by atoms with van der Waals surface area (Å²) in [7, 11) is 0. The van der Waals surface area contributed by atoms with Crippen molar-refractivity contribution in [1.82, 2.24) is 5.32 Å². The minimum Gasteiger partial charge on any atom is -0.508 e. The first-order chi connectivity index (χ1) is 9.43. The summed E-state index contributed by atoms with van der Waals surface area (Å²) in [6.07, 6.45) is 2.38. The number of unbranched alkanes of at least 4 members (excludes halogenated alkanes) is 1. The largest absolute Gasteiger partial charge is 0.508 e. The Balaban J connectivity index is 2.73. The second-order valence-corrected chi connectivity index (χ2v) is 4.91. The van der Waals surface area contributed by atoms with Gasteiger partial charge in [0.05, 0.1) is 6.42 Å². The molecule has 1 unspecified atom stereocenters. The highest BCUT2D eigenvalue weighted by Crippen LogP contribution is 2.17. The molecule has 0 aromatic heterocycles. The van der Waals surface area contributed by atoms with Gasteiger partial charge in [-0.15, -0.1) is 0 Å². The molecule has 0 fully saturated rings. The average Bonchev–Trinajstić information content (AvgIpc) is 2.38. The molecule has 5 heteroatoms. The highest BCUT2D eigenvalue weighted by Gasteiger charge is 2.17. The maximum absolute atomic E-state index is 12.1. The molecular formula is C15H21NO4. The number of nitrogens with one attached hydrogen (secondary N) is 1. The van der Waals surface area contributed by atoms with Gasteiger partial charge in [-0.05, 0) is 37.1 Å². The van der Waals surface area contributed by atoms with Crippen molar-refractivity contribution >= 4 is 11.9 Å². The first-order valence-electron chi connectivity index (χ1n) is 6.76. The molecule has 0 spiro atoms. The molecule has 0 radical (unpaired) electrons. The van der Waals surface area contributed by atoms with Crippen LogP contribution in [-0.4, -0.2) is 28.1 Å². The van der Waals surface area contributed by atoms with E-state index in [0.29, 0.717) is 17.5 Å². The fourth-order valence-electron chi connectivity index (χ4n) is 1.95. The summed E-state index contributed by atoms with van der Waals surface area (Å²) in [5, 5.41) is 21.0. The van der Waals surface area contributed by atoms with Crippen molar-refractivity contribution in [2.75, 3.05) is 0 Å². The number of aromatic hydroxyl groups is 1. The molecule has 1 amide bonds. The van der Waals surface area contributed by atoms with E-state index in [1.807, 2.05) is 6.92 Å². The van der Waals surface area contributed by atoms with Crippen LogP contribution in [0.25, 0.3) is 0 Å². The van der Waals surface area contributed by atoms with Gasteiger partial charge in [-0.1, -0.05) is 19.8 Å². The Bertz CT molecular complexity index is 485. The Kier molecular flexibility index (Phi) is 6.03. The molecule has 3 N–H and O–H groups in total. The molecular weight excluding hydrogens is 258 g/mol. The number of rotatable bonds is 7. The summed E-state index contributed by atoms with van der Waals surface area (Å²) >= 11 is 0. The SMILES string of the molecule is CCCCC(CC(=O)O)NC(=O)c1ccc(O)c(C)c1. The Morgan fingerprint density at radius 3 is 2.60 bits per heavy atom. The van der Waals surface area contributed by atoms with E-state index in [1.165, 1.54) is 12.1 Å². The van der Waals surface area contributed by atoms with E-state index in [2.05, 4.69) is 5.32 Å². The molecule has 1 atom stereocenters. The van der Waals surface area contributed by atoms with E-state index in [-0.39, 0.29) is 24.1 Å². The van der Waals surface area contributed by atoms with Gasteiger partial charge in [0.2, 0.25) is 0 Å². The van der Waals surface area contributed by atoms with E-state index >= 15 is 0 Å². The summed E-state index contributed by atoms with van der Waals surface area (Å²) < 4.78 is 0. The smallest absolute Gasteiger partial charge is 0.305 e. The van der Waals surface area contributed by atoms with Gasteiger partial charge in [0.25, 0.3) is 5.91 Å². The van der Waals surface area contributed by atoms with Crippen molar-refractivity contribution < 1.29 is 19.8 Å². The first kappa shape index (κ1) is 16.0. The number of phenols is 1. The molecule has 0 bridgehead atoms. The predicted octanol–water partition coefficient (Wildman–Crippen LogP) is 2.46. The molecule has 20 heavy (non-hydrogen) atoms. The quantitative estimate of drug-likeness (QED) is 0.715. The standard InChI is InChI=1S/C15H21NO4/c1-3-4-5-12(9-14(18)19)16-15(20)11-6-7-13(17)10(2)8-11/h6-8,12,17H,3-5,9H2,1-2H3,(H,16,20)(H,18,19). The van der Waals surface area contributed by atoms with Crippen LogP contribution in [0.1, 0.15) is 48.5 Å². The highest BCUT2D eigenvalue weighted by atomic mass is 16.4. The number of aliphatic carboxylic acids is 1. The van der Waals surface area contributed by atoms with E-state index in [0.717, 1.165) is 12.8 Å². The molecule has 0 aliphatic heterocycles. The number of amides is 1. The summed E-state index contributed by atoms with van der Waals surface area (Å²) in [6.45, 7) is 3.72. The lowest BCUT2D eigenvalue weighted by Gasteiger charge is -2.17. The zero-order chi connectivity index (χ0) is 15.1. The Morgan fingerprint density at radius 2 is 2.05 bits per heavy atom. The molecule has 1 aromatic rings. The van der Waals surface area contributed by atoms with Crippen molar-refractivity contribution in [2.45, 2.75) is 45.6 Å². The van der Waals surface area contributed by atoms with Crippen molar-refractivity contribution in [1.29, 1.82) is 0 Å². The molecule has 0 aliphatic carbocycles. The lowest BCUT2D eigenvalue weighted by molar-refractivity contribution is -0.137. The van der Waals surface area contributed by atoms with Gasteiger partial charge in [-0.25, -0.2) is 0 Å². The van der Waals surface area contributed by atoms with Gasteiger partial charge < -0.3 is 15.5 Å². The van der Waals surface area contributed by atoms with Crippen molar-refractivity contribution in [2.24, 2.45) is 0 Å². The number of hydrogen-bond acceptors (Lipinski definition) is 3. The van der Waals surface area contributed by atoms with Crippen LogP contribution in [0.5, 0.6) is 5.75 Å². The number of hydrogen-bond donors (Lipinski definition) is 3. The molecule has 0 aliphatic rings. The van der Waals surface area contributed by atoms with Crippen molar-refractivity contribution in [3.05, 3.63) is 29.3 Å². The van der Waals surface area contributed by atoms with Crippen LogP contribution >= 0.6 is 0 Å². The number of carboxylic acids is 1. The monoisotopic (exact) mass is 279 g/mol. The summed E-state index contributed by atoms with van der Waals surface area (Å²) in [5.41, 5.74) is 1.04. The van der Waals surface area contributed by atoms with Crippen LogP contribution in [0.4, 0.5) is 0 Å². The third-order valence-electron chi connectivity index (χ3n) is 3.12. The lowest BCUT2D eigenvalue weighted by Crippen LogP contribution is -2.36. The molecule has 0 saturated carbocycles. The molecule has 110 valence electrons. The predicted molar refractivity (Wildman–Crippen MR) is 75.9 cm³/mol. The minimum atomic E-state index is -0.923. The molecule has 5 nitrogen and oxygen atoms in total. The van der Waals surface area contributed by atoms with Crippen LogP contribution in [0, 0.1) is 6.92 Å². The minimum absolute atomic E-state index is 0.0805. The zero-order valence-corrected chi connectivity index (χ0v) is 11.8. The molecule has 1 rings (SSSR count). The van der Waals surface area contributed by atoms with Crippen LogP contribution in [0.15, 0.2) is 18.2 Å². The second kappa shape index (κ2) is 7.53. The number of carbonyl (C=O) groups is 2.